The van der Waals surface area contributed by atoms with E-state index in [0.717, 1.165) is 10.4 Å². The predicted octanol–water partition coefficient (Wildman–Crippen LogP) is 2.77. The fourth-order valence-electron chi connectivity index (χ4n) is 2.12. The van der Waals surface area contributed by atoms with Gasteiger partial charge in [-0.15, -0.1) is 11.3 Å². The summed E-state index contributed by atoms with van der Waals surface area (Å²) in [5.74, 6) is 0.214. The first-order valence-corrected chi connectivity index (χ1v) is 9.04. The molecule has 3 aromatic rings. The number of aromatic nitrogens is 2. The van der Waals surface area contributed by atoms with Crippen LogP contribution in [0.5, 0.6) is 0 Å². The SMILES string of the molecule is O=C(CCc1nc(-c2cccs2)no1)NNC(=O)Cc1ccc(Cl)cc1. The molecule has 0 saturated carbocycles. The Kier molecular flexibility index (Phi) is 5.98. The maximum absolute atomic E-state index is 11.8. The maximum Gasteiger partial charge on any atom is 0.242 e. The van der Waals surface area contributed by atoms with Crippen molar-refractivity contribution in [3.8, 4) is 10.7 Å². The summed E-state index contributed by atoms with van der Waals surface area (Å²) < 4.78 is 5.12. The van der Waals surface area contributed by atoms with Crippen molar-refractivity contribution in [2.24, 2.45) is 0 Å². The summed E-state index contributed by atoms with van der Waals surface area (Å²) in [4.78, 5) is 28.8. The molecule has 2 heterocycles. The third-order valence-corrected chi connectivity index (χ3v) is 4.51. The summed E-state index contributed by atoms with van der Waals surface area (Å²) in [7, 11) is 0. The van der Waals surface area contributed by atoms with E-state index in [4.69, 9.17) is 16.1 Å². The third kappa shape index (κ3) is 5.14. The standard InChI is InChI=1S/C17H15ClN4O3S/c18-12-5-3-11(4-6-12)10-15(24)21-20-14(23)7-8-16-19-17(22-25-16)13-2-1-9-26-13/h1-6,9H,7-8,10H2,(H,20,23)(H,21,24). The minimum absolute atomic E-state index is 0.118. The van der Waals surface area contributed by atoms with Crippen molar-refractivity contribution in [2.45, 2.75) is 19.3 Å². The van der Waals surface area contributed by atoms with Crippen molar-refractivity contribution in [3.05, 3.63) is 58.3 Å². The Morgan fingerprint density at radius 3 is 2.62 bits per heavy atom. The van der Waals surface area contributed by atoms with Crippen LogP contribution in [-0.4, -0.2) is 22.0 Å². The number of hydrogen-bond donors (Lipinski definition) is 2. The average molecular weight is 391 g/mol. The molecule has 0 aliphatic rings. The Labute approximate surface area is 158 Å². The molecule has 2 aromatic heterocycles. The molecular formula is C17H15ClN4O3S. The van der Waals surface area contributed by atoms with Gasteiger partial charge in [-0.2, -0.15) is 4.98 Å². The number of nitrogens with zero attached hydrogens (tertiary/aromatic N) is 2. The molecule has 0 aliphatic carbocycles. The number of nitrogens with one attached hydrogen (secondary N) is 2. The summed E-state index contributed by atoms with van der Waals surface area (Å²) in [5, 5.41) is 6.40. The fraction of sp³-hybridized carbons (Fsp3) is 0.176. The van der Waals surface area contributed by atoms with E-state index in [-0.39, 0.29) is 31.1 Å². The summed E-state index contributed by atoms with van der Waals surface area (Å²) in [6.07, 6.45) is 0.551. The predicted molar refractivity (Wildman–Crippen MR) is 97.4 cm³/mol. The Morgan fingerprint density at radius 2 is 1.88 bits per heavy atom. The molecule has 0 radical (unpaired) electrons. The van der Waals surface area contributed by atoms with Gasteiger partial charge in [0.2, 0.25) is 23.5 Å². The van der Waals surface area contributed by atoms with Crippen molar-refractivity contribution in [1.82, 2.24) is 21.0 Å². The summed E-state index contributed by atoms with van der Waals surface area (Å²) >= 11 is 7.30. The molecule has 7 nitrogen and oxygen atoms in total. The van der Waals surface area contributed by atoms with Crippen molar-refractivity contribution in [3.63, 3.8) is 0 Å². The van der Waals surface area contributed by atoms with Crippen LogP contribution in [0.2, 0.25) is 5.02 Å². The van der Waals surface area contributed by atoms with Gasteiger partial charge in [0.25, 0.3) is 0 Å². The first-order chi connectivity index (χ1) is 12.6. The molecule has 0 fully saturated rings. The largest absolute Gasteiger partial charge is 0.339 e. The Hall–Kier alpha value is -2.71. The van der Waals surface area contributed by atoms with E-state index in [1.54, 1.807) is 24.3 Å². The van der Waals surface area contributed by atoms with Crippen LogP contribution in [0, 0.1) is 0 Å². The van der Waals surface area contributed by atoms with Gasteiger partial charge >= 0.3 is 0 Å². The molecule has 0 unspecified atom stereocenters. The van der Waals surface area contributed by atoms with Crippen LogP contribution in [-0.2, 0) is 22.4 Å². The summed E-state index contributed by atoms with van der Waals surface area (Å²) in [6, 6.07) is 10.7. The van der Waals surface area contributed by atoms with Gasteiger partial charge in [-0.3, -0.25) is 20.4 Å². The Bertz CT molecular complexity index is 878. The highest BCUT2D eigenvalue weighted by atomic mass is 35.5. The lowest BCUT2D eigenvalue weighted by Gasteiger charge is -2.06. The average Bonchev–Trinajstić information content (AvgIpc) is 3.31. The van der Waals surface area contributed by atoms with E-state index in [9.17, 15) is 9.59 Å². The summed E-state index contributed by atoms with van der Waals surface area (Å²) in [5.41, 5.74) is 5.54. The molecular weight excluding hydrogens is 376 g/mol. The molecule has 134 valence electrons. The first kappa shape index (κ1) is 18.1. The van der Waals surface area contributed by atoms with Crippen LogP contribution < -0.4 is 10.9 Å². The van der Waals surface area contributed by atoms with E-state index in [0.29, 0.717) is 16.7 Å². The lowest BCUT2D eigenvalue weighted by Crippen LogP contribution is -2.42. The molecule has 0 saturated heterocycles. The van der Waals surface area contributed by atoms with Crippen LogP contribution >= 0.6 is 22.9 Å². The van der Waals surface area contributed by atoms with Gasteiger partial charge in [0.15, 0.2) is 0 Å². The number of benzene rings is 1. The highest BCUT2D eigenvalue weighted by molar-refractivity contribution is 7.13. The molecule has 9 heteroatoms. The zero-order valence-electron chi connectivity index (χ0n) is 13.6. The van der Waals surface area contributed by atoms with E-state index in [1.165, 1.54) is 11.3 Å². The topological polar surface area (TPSA) is 97.1 Å². The number of halogens is 1. The second-order valence-electron chi connectivity index (χ2n) is 5.39. The molecule has 0 spiro atoms. The van der Waals surface area contributed by atoms with E-state index < -0.39 is 0 Å². The molecule has 3 rings (SSSR count). The quantitative estimate of drug-likeness (QED) is 0.631. The van der Waals surface area contributed by atoms with E-state index >= 15 is 0 Å². The molecule has 2 amide bonds. The first-order valence-electron chi connectivity index (χ1n) is 7.79. The highest BCUT2D eigenvalue weighted by Gasteiger charge is 2.12. The third-order valence-electron chi connectivity index (χ3n) is 3.39. The van der Waals surface area contributed by atoms with Gasteiger partial charge < -0.3 is 4.52 Å². The molecule has 0 atom stereocenters. The maximum atomic E-state index is 11.8. The molecule has 1 aromatic carbocycles. The molecule has 2 N–H and O–H groups in total. The van der Waals surface area contributed by atoms with Gasteiger partial charge in [-0.05, 0) is 29.1 Å². The smallest absolute Gasteiger partial charge is 0.242 e. The van der Waals surface area contributed by atoms with Crippen LogP contribution in [0.15, 0.2) is 46.3 Å². The van der Waals surface area contributed by atoms with Crippen LogP contribution in [0.3, 0.4) is 0 Å². The number of thiophene rings is 1. The second-order valence-corrected chi connectivity index (χ2v) is 6.77. The van der Waals surface area contributed by atoms with Crippen molar-refractivity contribution >= 4 is 34.8 Å². The minimum atomic E-state index is -0.342. The zero-order chi connectivity index (χ0) is 18.4. The number of amides is 2. The van der Waals surface area contributed by atoms with Crippen molar-refractivity contribution in [1.29, 1.82) is 0 Å². The molecule has 26 heavy (non-hydrogen) atoms. The summed E-state index contributed by atoms with van der Waals surface area (Å²) in [6.45, 7) is 0. The van der Waals surface area contributed by atoms with Crippen molar-refractivity contribution in [2.75, 3.05) is 0 Å². The van der Waals surface area contributed by atoms with Crippen LogP contribution in [0.25, 0.3) is 10.7 Å². The zero-order valence-corrected chi connectivity index (χ0v) is 15.1. The van der Waals surface area contributed by atoms with E-state index in [2.05, 4.69) is 21.0 Å². The van der Waals surface area contributed by atoms with Crippen molar-refractivity contribution < 1.29 is 14.1 Å². The van der Waals surface area contributed by atoms with Gasteiger partial charge in [-0.1, -0.05) is 35.0 Å². The lowest BCUT2D eigenvalue weighted by molar-refractivity contribution is -0.128. The van der Waals surface area contributed by atoms with Gasteiger partial charge in [0.1, 0.15) is 0 Å². The Morgan fingerprint density at radius 1 is 1.12 bits per heavy atom. The highest BCUT2D eigenvalue weighted by Crippen LogP contribution is 2.21. The van der Waals surface area contributed by atoms with E-state index in [1.807, 2.05) is 17.5 Å². The minimum Gasteiger partial charge on any atom is -0.339 e. The Balaban J connectivity index is 1.40. The monoisotopic (exact) mass is 390 g/mol. The number of hydrazine groups is 1. The van der Waals surface area contributed by atoms with Gasteiger partial charge in [-0.25, -0.2) is 0 Å². The number of aryl methyl sites for hydroxylation is 1. The van der Waals surface area contributed by atoms with Gasteiger partial charge in [0, 0.05) is 17.9 Å². The lowest BCUT2D eigenvalue weighted by atomic mass is 10.1. The molecule has 0 aliphatic heterocycles. The number of hydrogen-bond acceptors (Lipinski definition) is 6. The number of rotatable bonds is 6. The van der Waals surface area contributed by atoms with Crippen LogP contribution in [0.4, 0.5) is 0 Å². The molecule has 0 bridgehead atoms. The second kappa shape index (κ2) is 8.59. The van der Waals surface area contributed by atoms with Gasteiger partial charge in [0.05, 0.1) is 11.3 Å². The normalized spacial score (nSPS) is 10.5. The van der Waals surface area contributed by atoms with Crippen LogP contribution in [0.1, 0.15) is 17.9 Å². The number of carbonyl (C=O) groups excluding carboxylic acids is 2. The fourth-order valence-corrected chi connectivity index (χ4v) is 2.89. The number of carbonyl (C=O) groups is 2.